The first-order valence-electron chi connectivity index (χ1n) is 7.36. The Kier molecular flexibility index (Phi) is 5.76. The van der Waals surface area contributed by atoms with Gasteiger partial charge in [0.2, 0.25) is 0 Å². The first kappa shape index (κ1) is 17.0. The molecule has 2 rings (SSSR count). The van der Waals surface area contributed by atoms with E-state index in [1.54, 1.807) is 7.05 Å². The van der Waals surface area contributed by atoms with Gasteiger partial charge in [-0.3, -0.25) is 4.79 Å². The summed E-state index contributed by atoms with van der Waals surface area (Å²) in [5, 5.41) is 5.65. The number of nitrogens with one attached hydrogen (secondary N) is 2. The number of carbonyl (C=O) groups excluding carboxylic acids is 1. The van der Waals surface area contributed by atoms with Crippen LogP contribution in [0.25, 0.3) is 0 Å². The van der Waals surface area contributed by atoms with Crippen molar-refractivity contribution in [2.45, 2.75) is 19.8 Å². The van der Waals surface area contributed by atoms with Crippen LogP contribution in [0.5, 0.6) is 0 Å². The molecular weight excluding hydrogens is 314 g/mol. The van der Waals surface area contributed by atoms with E-state index in [0.717, 1.165) is 12.8 Å². The minimum Gasteiger partial charge on any atom is -0.381 e. The van der Waals surface area contributed by atoms with Crippen molar-refractivity contribution in [3.63, 3.8) is 0 Å². The van der Waals surface area contributed by atoms with Crippen LogP contribution in [-0.2, 0) is 6.42 Å². The van der Waals surface area contributed by atoms with Crippen molar-refractivity contribution in [2.24, 2.45) is 0 Å². The standard InChI is InChI=1S/C16H20ClN5O/c1-10-6-3-4-7-11(10)8-5-9-20-16(23)12-15(19-2)22-14(18)13(17)21-12/h3-4,6-7H,5,8-9H2,1-2H3,(H,20,23)(H3,18,19,22). The number of amides is 1. The summed E-state index contributed by atoms with van der Waals surface area (Å²) in [6.07, 6.45) is 1.74. The molecule has 0 saturated carbocycles. The van der Waals surface area contributed by atoms with E-state index in [1.807, 2.05) is 12.1 Å². The minimum atomic E-state index is -0.325. The van der Waals surface area contributed by atoms with E-state index in [4.69, 9.17) is 17.3 Å². The van der Waals surface area contributed by atoms with Crippen molar-refractivity contribution in [3.8, 4) is 0 Å². The number of aryl methyl sites for hydroxylation is 2. The highest BCUT2D eigenvalue weighted by molar-refractivity contribution is 6.31. The molecule has 0 aliphatic heterocycles. The van der Waals surface area contributed by atoms with Crippen LogP contribution in [0, 0.1) is 6.92 Å². The minimum absolute atomic E-state index is 0.0223. The van der Waals surface area contributed by atoms with E-state index in [0.29, 0.717) is 12.4 Å². The normalized spacial score (nSPS) is 10.4. The maximum absolute atomic E-state index is 12.2. The second-order valence-electron chi connectivity index (χ2n) is 5.13. The molecule has 1 heterocycles. The smallest absolute Gasteiger partial charge is 0.273 e. The van der Waals surface area contributed by atoms with Gasteiger partial charge in [0, 0.05) is 13.6 Å². The molecule has 0 unspecified atom stereocenters. The van der Waals surface area contributed by atoms with E-state index >= 15 is 0 Å². The molecule has 0 aliphatic carbocycles. The van der Waals surface area contributed by atoms with Crippen LogP contribution < -0.4 is 16.4 Å². The molecule has 1 aromatic carbocycles. The Labute approximate surface area is 140 Å². The molecule has 0 saturated heterocycles. The number of anilines is 2. The highest BCUT2D eigenvalue weighted by Gasteiger charge is 2.16. The van der Waals surface area contributed by atoms with Crippen molar-refractivity contribution in [1.29, 1.82) is 0 Å². The van der Waals surface area contributed by atoms with Gasteiger partial charge in [-0.25, -0.2) is 9.97 Å². The van der Waals surface area contributed by atoms with Crippen molar-refractivity contribution >= 4 is 29.1 Å². The quantitative estimate of drug-likeness (QED) is 0.706. The zero-order valence-corrected chi connectivity index (χ0v) is 13.9. The monoisotopic (exact) mass is 333 g/mol. The van der Waals surface area contributed by atoms with Gasteiger partial charge >= 0.3 is 0 Å². The van der Waals surface area contributed by atoms with Crippen LogP contribution in [0.15, 0.2) is 24.3 Å². The largest absolute Gasteiger partial charge is 0.381 e. The zero-order valence-electron chi connectivity index (χ0n) is 13.2. The van der Waals surface area contributed by atoms with E-state index in [2.05, 4.69) is 39.7 Å². The van der Waals surface area contributed by atoms with Crippen molar-refractivity contribution in [2.75, 3.05) is 24.6 Å². The molecule has 0 aliphatic rings. The molecule has 0 bridgehead atoms. The first-order chi connectivity index (χ1) is 11.0. The molecule has 1 aromatic heterocycles. The number of benzene rings is 1. The summed E-state index contributed by atoms with van der Waals surface area (Å²) < 4.78 is 0. The molecule has 0 fully saturated rings. The third-order valence-corrected chi connectivity index (χ3v) is 3.78. The van der Waals surface area contributed by atoms with Gasteiger partial charge in [-0.2, -0.15) is 0 Å². The maximum Gasteiger partial charge on any atom is 0.273 e. The Balaban J connectivity index is 1.93. The summed E-state index contributed by atoms with van der Waals surface area (Å²) in [7, 11) is 1.65. The Bertz CT molecular complexity index is 705. The molecule has 0 atom stereocenters. The lowest BCUT2D eigenvalue weighted by Gasteiger charge is -2.10. The third-order valence-electron chi connectivity index (χ3n) is 3.50. The Morgan fingerprint density at radius 2 is 2.04 bits per heavy atom. The molecule has 122 valence electrons. The van der Waals surface area contributed by atoms with Crippen LogP contribution in [0.1, 0.15) is 28.0 Å². The highest BCUT2D eigenvalue weighted by Crippen LogP contribution is 2.19. The van der Waals surface area contributed by atoms with Crippen LogP contribution in [0.3, 0.4) is 0 Å². The summed E-state index contributed by atoms with van der Waals surface area (Å²) in [6, 6.07) is 8.22. The van der Waals surface area contributed by atoms with Gasteiger partial charge in [0.25, 0.3) is 5.91 Å². The second-order valence-corrected chi connectivity index (χ2v) is 5.49. The molecule has 4 N–H and O–H groups in total. The van der Waals surface area contributed by atoms with Crippen LogP contribution in [0.4, 0.5) is 11.6 Å². The summed E-state index contributed by atoms with van der Waals surface area (Å²) in [6.45, 7) is 2.62. The van der Waals surface area contributed by atoms with Gasteiger partial charge in [0.05, 0.1) is 0 Å². The number of aromatic nitrogens is 2. The zero-order chi connectivity index (χ0) is 16.8. The number of hydrogen-bond acceptors (Lipinski definition) is 5. The van der Waals surface area contributed by atoms with Gasteiger partial charge in [-0.05, 0) is 30.9 Å². The van der Waals surface area contributed by atoms with Crippen LogP contribution >= 0.6 is 11.6 Å². The molecular formula is C16H20ClN5O. The van der Waals surface area contributed by atoms with E-state index in [9.17, 15) is 4.79 Å². The molecule has 23 heavy (non-hydrogen) atoms. The fourth-order valence-electron chi connectivity index (χ4n) is 2.22. The molecule has 1 amide bonds. The lowest BCUT2D eigenvalue weighted by molar-refractivity contribution is 0.0949. The number of nitrogen functional groups attached to an aromatic ring is 1. The average Bonchev–Trinajstić information content (AvgIpc) is 2.55. The van der Waals surface area contributed by atoms with E-state index in [1.165, 1.54) is 11.1 Å². The highest BCUT2D eigenvalue weighted by atomic mass is 35.5. The van der Waals surface area contributed by atoms with Gasteiger partial charge in [0.1, 0.15) is 0 Å². The average molecular weight is 334 g/mol. The molecule has 0 spiro atoms. The fourth-order valence-corrected chi connectivity index (χ4v) is 2.34. The van der Waals surface area contributed by atoms with Crippen LogP contribution in [-0.4, -0.2) is 29.5 Å². The lowest BCUT2D eigenvalue weighted by atomic mass is 10.0. The third kappa shape index (κ3) is 4.32. The van der Waals surface area contributed by atoms with Crippen molar-refractivity contribution < 1.29 is 4.79 Å². The number of nitrogens with two attached hydrogens (primary N) is 1. The van der Waals surface area contributed by atoms with E-state index < -0.39 is 0 Å². The number of nitrogens with zero attached hydrogens (tertiary/aromatic N) is 2. The van der Waals surface area contributed by atoms with Crippen molar-refractivity contribution in [1.82, 2.24) is 15.3 Å². The molecule has 6 nitrogen and oxygen atoms in total. The topological polar surface area (TPSA) is 92.9 Å². The molecule has 2 aromatic rings. The number of halogens is 1. The summed E-state index contributed by atoms with van der Waals surface area (Å²) >= 11 is 5.84. The number of carbonyl (C=O) groups is 1. The molecule has 0 radical (unpaired) electrons. The SMILES string of the molecule is CNc1nc(N)c(Cl)nc1C(=O)NCCCc1ccccc1C. The molecule has 7 heteroatoms. The van der Waals surface area contributed by atoms with Gasteiger partial charge < -0.3 is 16.4 Å². The van der Waals surface area contributed by atoms with Crippen LogP contribution in [0.2, 0.25) is 5.15 Å². The first-order valence-corrected chi connectivity index (χ1v) is 7.74. The second kappa shape index (κ2) is 7.78. The Morgan fingerprint density at radius 3 is 2.74 bits per heavy atom. The van der Waals surface area contributed by atoms with Crippen molar-refractivity contribution in [3.05, 3.63) is 46.2 Å². The number of hydrogen-bond donors (Lipinski definition) is 3. The summed E-state index contributed by atoms with van der Waals surface area (Å²) in [5.74, 6) is 0.0731. The lowest BCUT2D eigenvalue weighted by Crippen LogP contribution is -2.27. The van der Waals surface area contributed by atoms with Gasteiger partial charge in [0.15, 0.2) is 22.5 Å². The predicted molar refractivity (Wildman–Crippen MR) is 92.8 cm³/mol. The maximum atomic E-state index is 12.2. The Hall–Kier alpha value is -2.34. The van der Waals surface area contributed by atoms with Gasteiger partial charge in [-0.15, -0.1) is 0 Å². The van der Waals surface area contributed by atoms with Gasteiger partial charge in [-0.1, -0.05) is 35.9 Å². The summed E-state index contributed by atoms with van der Waals surface area (Å²) in [5.41, 5.74) is 8.27. The van der Waals surface area contributed by atoms with E-state index in [-0.39, 0.29) is 22.6 Å². The number of rotatable bonds is 6. The predicted octanol–water partition coefficient (Wildman–Crippen LogP) is 2.42. The fraction of sp³-hybridized carbons (Fsp3) is 0.312. The summed E-state index contributed by atoms with van der Waals surface area (Å²) in [4.78, 5) is 20.2. The Morgan fingerprint density at radius 1 is 1.30 bits per heavy atom.